The number of nitrogens with zero attached hydrogens (tertiary/aromatic N) is 1. The number of carboxylic acids is 1. The van der Waals surface area contributed by atoms with Gasteiger partial charge in [-0.05, 0) is 55.0 Å². The van der Waals surface area contributed by atoms with Crippen molar-refractivity contribution >= 4 is 23.3 Å². The van der Waals surface area contributed by atoms with Crippen LogP contribution in [0.4, 0.5) is 20.2 Å². The van der Waals surface area contributed by atoms with Gasteiger partial charge >= 0.3 is 5.97 Å². The third kappa shape index (κ3) is 2.70. The summed E-state index contributed by atoms with van der Waals surface area (Å²) in [6.45, 7) is 0. The smallest absolute Gasteiger partial charge is 0.320 e. The zero-order valence-electron chi connectivity index (χ0n) is 14.4. The highest BCUT2D eigenvalue weighted by molar-refractivity contribution is 6.14. The second-order valence-corrected chi connectivity index (χ2v) is 7.13. The van der Waals surface area contributed by atoms with Gasteiger partial charge in [-0.3, -0.25) is 14.5 Å². The molecule has 3 N–H and O–H groups in total. The number of carbonyl (C=O) groups excluding carboxylic acids is 1. The normalized spacial score (nSPS) is 17.9. The Morgan fingerprint density at radius 2 is 1.85 bits per heavy atom. The highest BCUT2D eigenvalue weighted by atomic mass is 19.2. The van der Waals surface area contributed by atoms with Crippen molar-refractivity contribution in [2.75, 3.05) is 4.90 Å². The van der Waals surface area contributed by atoms with Gasteiger partial charge in [-0.25, -0.2) is 8.78 Å². The van der Waals surface area contributed by atoms with E-state index in [1.54, 1.807) is 24.3 Å². The SMILES string of the molecule is N[C@@H](CCc1ccc(N2C(=O)C3(CC3)c3ccc(F)c(F)c32)cc1)C(=O)O. The summed E-state index contributed by atoms with van der Waals surface area (Å²) < 4.78 is 28.3. The van der Waals surface area contributed by atoms with Gasteiger partial charge in [0.25, 0.3) is 0 Å². The van der Waals surface area contributed by atoms with Gasteiger partial charge in [-0.1, -0.05) is 18.2 Å². The second-order valence-electron chi connectivity index (χ2n) is 7.13. The fourth-order valence-corrected chi connectivity index (χ4v) is 3.69. The van der Waals surface area contributed by atoms with Crippen molar-refractivity contribution in [1.29, 1.82) is 0 Å². The lowest BCUT2D eigenvalue weighted by molar-refractivity contribution is -0.138. The Bertz CT molecular complexity index is 939. The van der Waals surface area contributed by atoms with Gasteiger partial charge in [0.15, 0.2) is 11.6 Å². The van der Waals surface area contributed by atoms with Gasteiger partial charge in [0, 0.05) is 5.69 Å². The number of carbonyl (C=O) groups is 2. The summed E-state index contributed by atoms with van der Waals surface area (Å²) in [5, 5.41) is 8.84. The van der Waals surface area contributed by atoms with E-state index in [2.05, 4.69) is 0 Å². The predicted molar refractivity (Wildman–Crippen MR) is 94.8 cm³/mol. The number of carboxylic acid groups (broad SMARTS) is 1. The van der Waals surface area contributed by atoms with Crippen LogP contribution in [0.25, 0.3) is 0 Å². The number of benzene rings is 2. The molecule has 1 amide bonds. The first-order valence-electron chi connectivity index (χ1n) is 8.75. The molecule has 2 aromatic rings. The summed E-state index contributed by atoms with van der Waals surface area (Å²) in [4.78, 5) is 25.0. The third-order valence-electron chi connectivity index (χ3n) is 5.43. The van der Waals surface area contributed by atoms with Gasteiger partial charge in [0.2, 0.25) is 5.91 Å². The van der Waals surface area contributed by atoms with E-state index in [0.717, 1.165) is 11.6 Å². The molecule has 0 radical (unpaired) electrons. The fraction of sp³-hybridized carbons (Fsp3) is 0.300. The minimum Gasteiger partial charge on any atom is -0.480 e. The Morgan fingerprint density at radius 1 is 1.19 bits per heavy atom. The first-order chi connectivity index (χ1) is 12.8. The summed E-state index contributed by atoms with van der Waals surface area (Å²) in [5.41, 5.74) is 6.63. The van der Waals surface area contributed by atoms with Gasteiger partial charge in [-0.2, -0.15) is 0 Å². The van der Waals surface area contributed by atoms with E-state index in [-0.39, 0.29) is 18.0 Å². The number of fused-ring (bicyclic) bond motifs is 2. The molecule has 1 atom stereocenters. The maximum atomic E-state index is 14.5. The third-order valence-corrected chi connectivity index (χ3v) is 5.43. The van der Waals surface area contributed by atoms with Crippen molar-refractivity contribution in [2.45, 2.75) is 37.1 Å². The summed E-state index contributed by atoms with van der Waals surface area (Å²) in [6, 6.07) is 8.44. The first-order valence-corrected chi connectivity index (χ1v) is 8.75. The topological polar surface area (TPSA) is 83.6 Å². The van der Waals surface area contributed by atoms with Crippen LogP contribution in [0.15, 0.2) is 36.4 Å². The van der Waals surface area contributed by atoms with Crippen LogP contribution in [0.5, 0.6) is 0 Å². The molecule has 0 unspecified atom stereocenters. The highest BCUT2D eigenvalue weighted by Gasteiger charge is 2.60. The molecule has 2 aliphatic rings. The van der Waals surface area contributed by atoms with E-state index in [1.807, 2.05) is 0 Å². The van der Waals surface area contributed by atoms with Crippen molar-refractivity contribution in [3.8, 4) is 0 Å². The maximum absolute atomic E-state index is 14.5. The van der Waals surface area contributed by atoms with Crippen LogP contribution >= 0.6 is 0 Å². The molecule has 1 heterocycles. The Morgan fingerprint density at radius 3 is 2.44 bits per heavy atom. The van der Waals surface area contributed by atoms with E-state index in [9.17, 15) is 18.4 Å². The van der Waals surface area contributed by atoms with E-state index < -0.39 is 29.1 Å². The summed E-state index contributed by atoms with van der Waals surface area (Å²) in [6.07, 6.45) is 2.01. The monoisotopic (exact) mass is 372 g/mol. The standard InChI is InChI=1S/C20H18F2N2O3/c21-14-7-6-13-17(16(14)22)24(19(27)20(13)9-10-20)12-4-1-11(2-5-12)3-8-15(23)18(25)26/h1-2,4-7,15H,3,8-10,23H2,(H,25,26)/t15-/m0/s1. The molecular weight excluding hydrogens is 354 g/mol. The van der Waals surface area contributed by atoms with Crippen LogP contribution in [0.2, 0.25) is 0 Å². The molecule has 1 saturated carbocycles. The fourth-order valence-electron chi connectivity index (χ4n) is 3.69. The quantitative estimate of drug-likeness (QED) is 0.845. The van der Waals surface area contributed by atoms with Crippen LogP contribution in [-0.4, -0.2) is 23.0 Å². The molecule has 7 heteroatoms. The molecule has 1 fully saturated rings. The van der Waals surface area contributed by atoms with E-state index in [1.165, 1.54) is 11.0 Å². The Labute approximate surface area is 154 Å². The molecule has 140 valence electrons. The lowest BCUT2D eigenvalue weighted by atomic mass is 9.98. The second kappa shape index (κ2) is 6.13. The van der Waals surface area contributed by atoms with Crippen molar-refractivity contribution in [1.82, 2.24) is 0 Å². The highest BCUT2D eigenvalue weighted by Crippen LogP contribution is 2.59. The first kappa shape index (κ1) is 17.6. The van der Waals surface area contributed by atoms with Crippen LogP contribution in [0, 0.1) is 11.6 Å². The average Bonchev–Trinajstić information content (AvgIpc) is 3.41. The molecule has 1 aliphatic carbocycles. The number of anilines is 2. The maximum Gasteiger partial charge on any atom is 0.320 e. The van der Waals surface area contributed by atoms with Crippen LogP contribution in [0.3, 0.4) is 0 Å². The number of rotatable bonds is 5. The van der Waals surface area contributed by atoms with Crippen LogP contribution < -0.4 is 10.6 Å². The molecule has 4 rings (SSSR count). The van der Waals surface area contributed by atoms with E-state index in [4.69, 9.17) is 10.8 Å². The number of aliphatic carboxylic acids is 1. The zero-order chi connectivity index (χ0) is 19.3. The number of nitrogens with two attached hydrogens (primary N) is 1. The zero-order valence-corrected chi connectivity index (χ0v) is 14.4. The average molecular weight is 372 g/mol. The Hall–Kier alpha value is -2.80. The van der Waals surface area contributed by atoms with Gasteiger partial charge in [-0.15, -0.1) is 0 Å². The number of amides is 1. The predicted octanol–water partition coefficient (Wildman–Crippen LogP) is 3.02. The van der Waals surface area contributed by atoms with Crippen LogP contribution in [0.1, 0.15) is 30.4 Å². The molecule has 0 saturated heterocycles. The van der Waals surface area contributed by atoms with Crippen molar-refractivity contribution in [2.24, 2.45) is 5.73 Å². The Balaban J connectivity index is 1.64. The number of hydrogen-bond acceptors (Lipinski definition) is 3. The van der Waals surface area contributed by atoms with E-state index in [0.29, 0.717) is 30.5 Å². The molecule has 5 nitrogen and oxygen atoms in total. The molecular formula is C20H18F2N2O3. The molecule has 2 aromatic carbocycles. The molecule has 1 spiro atoms. The molecule has 0 aromatic heterocycles. The van der Waals surface area contributed by atoms with Crippen LogP contribution in [-0.2, 0) is 21.4 Å². The molecule has 1 aliphatic heterocycles. The van der Waals surface area contributed by atoms with E-state index >= 15 is 0 Å². The summed E-state index contributed by atoms with van der Waals surface area (Å²) in [7, 11) is 0. The van der Waals surface area contributed by atoms with Gasteiger partial charge in [0.05, 0.1) is 11.1 Å². The molecule has 0 bridgehead atoms. The minimum absolute atomic E-state index is 0.00171. The van der Waals surface area contributed by atoms with Crippen molar-refractivity contribution in [3.05, 3.63) is 59.2 Å². The lowest BCUT2D eigenvalue weighted by Crippen LogP contribution is -2.30. The van der Waals surface area contributed by atoms with Crippen molar-refractivity contribution < 1.29 is 23.5 Å². The molecule has 27 heavy (non-hydrogen) atoms. The van der Waals surface area contributed by atoms with Gasteiger partial charge < -0.3 is 10.8 Å². The van der Waals surface area contributed by atoms with Gasteiger partial charge in [0.1, 0.15) is 6.04 Å². The number of halogens is 2. The lowest BCUT2D eigenvalue weighted by Gasteiger charge is -2.19. The summed E-state index contributed by atoms with van der Waals surface area (Å²) in [5.74, 6) is -3.29. The van der Waals surface area contributed by atoms with Crippen molar-refractivity contribution in [3.63, 3.8) is 0 Å². The number of aryl methyl sites for hydroxylation is 1. The minimum atomic E-state index is -1.06. The summed E-state index contributed by atoms with van der Waals surface area (Å²) >= 11 is 0. The number of hydrogen-bond donors (Lipinski definition) is 2. The largest absolute Gasteiger partial charge is 0.480 e. The Kier molecular flexibility index (Phi) is 3.99.